The molecule has 21 heavy (non-hydrogen) atoms. The first-order valence-corrected chi connectivity index (χ1v) is 8.68. The molecule has 0 fully saturated rings. The quantitative estimate of drug-likeness (QED) is 0.891. The second kappa shape index (κ2) is 6.63. The van der Waals surface area contributed by atoms with Crippen LogP contribution in [0.1, 0.15) is 29.3 Å². The number of hydrogen-bond donors (Lipinski definition) is 1. The van der Waals surface area contributed by atoms with Gasteiger partial charge in [-0.05, 0) is 61.9 Å². The van der Waals surface area contributed by atoms with Crippen molar-refractivity contribution in [3.8, 4) is 0 Å². The number of rotatable bonds is 5. The lowest BCUT2D eigenvalue weighted by atomic mass is 10.0. The van der Waals surface area contributed by atoms with E-state index in [1.54, 1.807) is 0 Å². The second-order valence-electron chi connectivity index (χ2n) is 6.07. The highest BCUT2D eigenvalue weighted by Crippen LogP contribution is 2.24. The zero-order valence-electron chi connectivity index (χ0n) is 12.9. The molecule has 0 bridgehead atoms. The Balaban J connectivity index is 1.62. The van der Waals surface area contributed by atoms with Gasteiger partial charge in [-0.25, -0.2) is 0 Å². The van der Waals surface area contributed by atoms with Crippen LogP contribution in [0.25, 0.3) is 0 Å². The topological polar surface area (TPSA) is 15.3 Å². The molecule has 1 aliphatic heterocycles. The molecule has 0 radical (unpaired) electrons. The Morgan fingerprint density at radius 3 is 3.05 bits per heavy atom. The molecule has 1 N–H and O–H groups in total. The van der Waals surface area contributed by atoms with Crippen molar-refractivity contribution in [1.82, 2.24) is 4.90 Å². The third-order valence-corrected chi connectivity index (χ3v) is 5.27. The van der Waals surface area contributed by atoms with E-state index < -0.39 is 0 Å². The number of nitrogens with one attached hydrogen (secondary N) is 1. The van der Waals surface area contributed by atoms with Gasteiger partial charge in [-0.1, -0.05) is 18.2 Å². The van der Waals surface area contributed by atoms with Gasteiger partial charge in [-0.3, -0.25) is 4.90 Å². The average Bonchev–Trinajstić information content (AvgIpc) is 3.00. The van der Waals surface area contributed by atoms with Crippen LogP contribution < -0.4 is 5.32 Å². The summed E-state index contributed by atoms with van der Waals surface area (Å²) in [5.74, 6) is 0. The molecule has 1 unspecified atom stereocenters. The first kappa shape index (κ1) is 14.6. The number of fused-ring (bicyclic) bond motifs is 1. The highest BCUT2D eigenvalue weighted by Gasteiger charge is 2.13. The normalized spacial score (nSPS) is 15.6. The average molecular weight is 300 g/mol. The van der Waals surface area contributed by atoms with Crippen LogP contribution >= 0.6 is 11.3 Å². The number of aryl methyl sites for hydroxylation is 1. The van der Waals surface area contributed by atoms with Crippen molar-refractivity contribution in [2.24, 2.45) is 0 Å². The molecule has 0 amide bonds. The Morgan fingerprint density at radius 1 is 1.33 bits per heavy atom. The molecular weight excluding hydrogens is 276 g/mol. The Labute approximate surface area is 131 Å². The fourth-order valence-electron chi connectivity index (χ4n) is 2.95. The molecule has 1 aromatic heterocycles. The van der Waals surface area contributed by atoms with E-state index >= 15 is 0 Å². The maximum Gasteiger partial charge on any atom is 0.0372 e. The Hall–Kier alpha value is -1.32. The van der Waals surface area contributed by atoms with Gasteiger partial charge in [-0.15, -0.1) is 11.3 Å². The standard InChI is InChI=1S/C18H24N2S/c1-14(11-17-6-4-10-21-17)20(2)13-15-7-8-18-16(12-15)5-3-9-19-18/h4,6-8,10,12,14,19H,3,5,9,11,13H2,1-2H3. The van der Waals surface area contributed by atoms with Crippen LogP contribution in [0.15, 0.2) is 35.7 Å². The van der Waals surface area contributed by atoms with E-state index in [4.69, 9.17) is 0 Å². The maximum atomic E-state index is 3.48. The van der Waals surface area contributed by atoms with Crippen LogP contribution in [-0.2, 0) is 19.4 Å². The molecule has 2 heterocycles. The van der Waals surface area contributed by atoms with Gasteiger partial charge >= 0.3 is 0 Å². The molecule has 0 aliphatic carbocycles. The van der Waals surface area contributed by atoms with Crippen LogP contribution in [0.4, 0.5) is 5.69 Å². The molecule has 112 valence electrons. The summed E-state index contributed by atoms with van der Waals surface area (Å²) >= 11 is 1.86. The number of hydrogen-bond acceptors (Lipinski definition) is 3. The van der Waals surface area contributed by atoms with Gasteiger partial charge in [0.15, 0.2) is 0 Å². The lowest BCUT2D eigenvalue weighted by Crippen LogP contribution is -2.30. The number of nitrogens with zero attached hydrogens (tertiary/aromatic N) is 1. The van der Waals surface area contributed by atoms with Gasteiger partial charge in [0.25, 0.3) is 0 Å². The van der Waals surface area contributed by atoms with E-state index in [9.17, 15) is 0 Å². The summed E-state index contributed by atoms with van der Waals surface area (Å²) in [7, 11) is 2.23. The highest BCUT2D eigenvalue weighted by atomic mass is 32.1. The minimum atomic E-state index is 0.567. The second-order valence-corrected chi connectivity index (χ2v) is 7.10. The summed E-state index contributed by atoms with van der Waals surface area (Å²) in [6.45, 7) is 4.46. The van der Waals surface area contributed by atoms with Gasteiger partial charge in [0.05, 0.1) is 0 Å². The number of benzene rings is 1. The van der Waals surface area contributed by atoms with Gasteiger partial charge in [0.2, 0.25) is 0 Å². The van der Waals surface area contributed by atoms with E-state index in [1.165, 1.54) is 34.5 Å². The SMILES string of the molecule is CC(Cc1cccs1)N(C)Cc1ccc2c(c1)CCCN2. The molecule has 3 rings (SSSR count). The van der Waals surface area contributed by atoms with Gasteiger partial charge < -0.3 is 5.32 Å². The molecule has 1 aliphatic rings. The molecule has 0 saturated carbocycles. The lowest BCUT2D eigenvalue weighted by molar-refractivity contribution is 0.249. The molecule has 1 atom stereocenters. The first-order chi connectivity index (χ1) is 10.2. The molecular formula is C18H24N2S. The van der Waals surface area contributed by atoms with Crippen LogP contribution in [0, 0.1) is 0 Å². The molecule has 3 heteroatoms. The van der Waals surface area contributed by atoms with Gasteiger partial charge in [-0.2, -0.15) is 0 Å². The predicted octanol–water partition coefficient (Wildman–Crippen LogP) is 4.17. The van der Waals surface area contributed by atoms with Crippen molar-refractivity contribution < 1.29 is 0 Å². The Kier molecular flexibility index (Phi) is 4.61. The Morgan fingerprint density at radius 2 is 2.24 bits per heavy atom. The number of likely N-dealkylation sites (N-methyl/N-ethyl adjacent to an activating group) is 1. The van der Waals surface area contributed by atoms with Gasteiger partial charge in [0.1, 0.15) is 0 Å². The summed E-state index contributed by atoms with van der Waals surface area (Å²) in [5.41, 5.74) is 4.25. The van der Waals surface area contributed by atoms with Crippen LogP contribution in [0.5, 0.6) is 0 Å². The zero-order valence-corrected chi connectivity index (χ0v) is 13.7. The van der Waals surface area contributed by atoms with Crippen LogP contribution in [-0.4, -0.2) is 24.5 Å². The Bertz CT molecular complexity index is 577. The van der Waals surface area contributed by atoms with Crippen molar-refractivity contribution in [3.63, 3.8) is 0 Å². The van der Waals surface area contributed by atoms with Crippen molar-refractivity contribution in [1.29, 1.82) is 0 Å². The molecule has 0 spiro atoms. The summed E-state index contributed by atoms with van der Waals surface area (Å²) in [5, 5.41) is 5.65. The molecule has 2 aromatic rings. The van der Waals surface area contributed by atoms with Crippen molar-refractivity contribution in [3.05, 3.63) is 51.7 Å². The van der Waals surface area contributed by atoms with Gasteiger partial charge in [0, 0.05) is 29.7 Å². The van der Waals surface area contributed by atoms with Crippen molar-refractivity contribution >= 4 is 17.0 Å². The fraction of sp³-hybridized carbons (Fsp3) is 0.444. The fourth-order valence-corrected chi connectivity index (χ4v) is 3.77. The van der Waals surface area contributed by atoms with Crippen LogP contribution in [0.3, 0.4) is 0 Å². The molecule has 1 aromatic carbocycles. The maximum absolute atomic E-state index is 3.48. The van der Waals surface area contributed by atoms with E-state index in [1.807, 2.05) is 11.3 Å². The third-order valence-electron chi connectivity index (χ3n) is 4.37. The third kappa shape index (κ3) is 3.66. The monoisotopic (exact) mass is 300 g/mol. The summed E-state index contributed by atoms with van der Waals surface area (Å²) in [4.78, 5) is 3.93. The highest BCUT2D eigenvalue weighted by molar-refractivity contribution is 7.09. The largest absolute Gasteiger partial charge is 0.385 e. The minimum absolute atomic E-state index is 0.567. The van der Waals surface area contributed by atoms with E-state index in [0.29, 0.717) is 6.04 Å². The summed E-state index contributed by atoms with van der Waals surface area (Å²) < 4.78 is 0. The van der Waals surface area contributed by atoms with E-state index in [0.717, 1.165) is 19.5 Å². The lowest BCUT2D eigenvalue weighted by Gasteiger charge is -2.25. The van der Waals surface area contributed by atoms with Crippen molar-refractivity contribution in [2.75, 3.05) is 18.9 Å². The van der Waals surface area contributed by atoms with E-state index in [-0.39, 0.29) is 0 Å². The first-order valence-electron chi connectivity index (χ1n) is 7.80. The molecule has 0 saturated heterocycles. The number of thiophene rings is 1. The van der Waals surface area contributed by atoms with Crippen LogP contribution in [0.2, 0.25) is 0 Å². The minimum Gasteiger partial charge on any atom is -0.385 e. The zero-order chi connectivity index (χ0) is 14.7. The summed E-state index contributed by atoms with van der Waals surface area (Å²) in [6.07, 6.45) is 3.60. The summed E-state index contributed by atoms with van der Waals surface area (Å²) in [6, 6.07) is 11.9. The van der Waals surface area contributed by atoms with E-state index in [2.05, 4.69) is 59.9 Å². The smallest absolute Gasteiger partial charge is 0.0372 e. The number of anilines is 1. The predicted molar refractivity (Wildman–Crippen MR) is 92.2 cm³/mol. The van der Waals surface area contributed by atoms with Crippen molar-refractivity contribution in [2.45, 2.75) is 38.8 Å². The molecule has 2 nitrogen and oxygen atoms in total.